The highest BCUT2D eigenvalue weighted by Crippen LogP contribution is 2.28. The van der Waals surface area contributed by atoms with Crippen LogP contribution in [0.1, 0.15) is 38.5 Å². The first-order valence-corrected chi connectivity index (χ1v) is 12.1. The predicted octanol–water partition coefficient (Wildman–Crippen LogP) is 5.72. The second-order valence-corrected chi connectivity index (χ2v) is 9.10. The second kappa shape index (κ2) is 13.2. The molecule has 1 heterocycles. The third-order valence-corrected chi connectivity index (χ3v) is 5.50. The van der Waals surface area contributed by atoms with Crippen molar-refractivity contribution in [1.29, 1.82) is 0 Å². The van der Waals surface area contributed by atoms with Crippen LogP contribution in [0.15, 0.2) is 46.9 Å². The summed E-state index contributed by atoms with van der Waals surface area (Å²) in [5.74, 6) is 2.32. The van der Waals surface area contributed by atoms with Gasteiger partial charge in [0.05, 0.1) is 13.2 Å². The smallest absolute Gasteiger partial charge is 0.227 e. The lowest BCUT2D eigenvalue weighted by molar-refractivity contribution is 0.299. The summed E-state index contributed by atoms with van der Waals surface area (Å²) >= 11 is 0. The Morgan fingerprint density at radius 1 is 0.697 bits per heavy atom. The molecule has 33 heavy (non-hydrogen) atoms. The summed E-state index contributed by atoms with van der Waals surface area (Å²) in [4.78, 5) is 9.06. The minimum atomic E-state index is 0.612. The van der Waals surface area contributed by atoms with Crippen LogP contribution < -0.4 is 9.47 Å². The zero-order valence-corrected chi connectivity index (χ0v) is 20.7. The molecule has 0 saturated heterocycles. The highest BCUT2D eigenvalue weighted by molar-refractivity contribution is 5.77. The molecule has 0 spiro atoms. The first kappa shape index (κ1) is 25.1. The summed E-state index contributed by atoms with van der Waals surface area (Å²) in [7, 11) is 8.43. The fourth-order valence-corrected chi connectivity index (χ4v) is 3.61. The fourth-order valence-electron chi connectivity index (χ4n) is 3.61. The Hall–Kier alpha value is -2.57. The Balaban J connectivity index is 1.46. The standard InChI is InChI=1S/C27H39N3O3/c1-29(2)17-7-5-9-19-31-23-13-11-22(12-14-23)27-28-25-16-15-24(21-26(25)33-27)32-20-10-6-8-18-30(3)4/h11-16,21H,5-10,17-20H2,1-4H3. The number of hydrogen-bond donors (Lipinski definition) is 0. The quantitative estimate of drug-likeness (QED) is 0.275. The van der Waals surface area contributed by atoms with Crippen LogP contribution >= 0.6 is 0 Å². The summed E-state index contributed by atoms with van der Waals surface area (Å²) in [6.45, 7) is 3.71. The average molecular weight is 454 g/mol. The van der Waals surface area contributed by atoms with Gasteiger partial charge in [-0.05, 0) is 116 Å². The Labute approximate surface area is 198 Å². The van der Waals surface area contributed by atoms with E-state index >= 15 is 0 Å². The van der Waals surface area contributed by atoms with E-state index in [9.17, 15) is 0 Å². The van der Waals surface area contributed by atoms with Crippen molar-refractivity contribution in [2.24, 2.45) is 0 Å². The van der Waals surface area contributed by atoms with E-state index in [2.05, 4.69) is 43.0 Å². The van der Waals surface area contributed by atoms with Gasteiger partial charge < -0.3 is 23.7 Å². The minimum absolute atomic E-state index is 0.612. The van der Waals surface area contributed by atoms with E-state index in [4.69, 9.17) is 13.9 Å². The number of ether oxygens (including phenoxy) is 2. The van der Waals surface area contributed by atoms with Crippen molar-refractivity contribution < 1.29 is 13.9 Å². The van der Waals surface area contributed by atoms with Gasteiger partial charge in [-0.15, -0.1) is 0 Å². The minimum Gasteiger partial charge on any atom is -0.494 e. The molecule has 0 saturated carbocycles. The molecule has 0 bridgehead atoms. The summed E-state index contributed by atoms with van der Waals surface area (Å²) in [6.07, 6.45) is 6.88. The van der Waals surface area contributed by atoms with Crippen molar-refractivity contribution in [3.8, 4) is 23.0 Å². The molecule has 0 atom stereocenters. The van der Waals surface area contributed by atoms with E-state index in [-0.39, 0.29) is 0 Å². The van der Waals surface area contributed by atoms with E-state index in [1.54, 1.807) is 0 Å². The first-order valence-electron chi connectivity index (χ1n) is 12.1. The molecule has 0 amide bonds. The fraction of sp³-hybridized carbons (Fsp3) is 0.519. The lowest BCUT2D eigenvalue weighted by Gasteiger charge is -2.09. The third kappa shape index (κ3) is 8.71. The highest BCUT2D eigenvalue weighted by atomic mass is 16.5. The molecule has 6 heteroatoms. The number of rotatable bonds is 15. The summed E-state index contributed by atoms with van der Waals surface area (Å²) in [5, 5.41) is 0. The van der Waals surface area contributed by atoms with E-state index < -0.39 is 0 Å². The van der Waals surface area contributed by atoms with Crippen LogP contribution in [0.25, 0.3) is 22.6 Å². The monoisotopic (exact) mass is 453 g/mol. The molecule has 0 radical (unpaired) electrons. The van der Waals surface area contributed by atoms with Gasteiger partial charge in [-0.2, -0.15) is 0 Å². The molecular formula is C27H39N3O3. The molecule has 3 rings (SSSR count). The van der Waals surface area contributed by atoms with Crippen molar-refractivity contribution in [2.45, 2.75) is 38.5 Å². The maximum absolute atomic E-state index is 6.01. The maximum atomic E-state index is 6.01. The maximum Gasteiger partial charge on any atom is 0.227 e. The summed E-state index contributed by atoms with van der Waals surface area (Å²) in [5.41, 5.74) is 2.52. The number of aromatic nitrogens is 1. The molecule has 0 aliphatic rings. The van der Waals surface area contributed by atoms with E-state index in [1.807, 2.05) is 42.5 Å². The van der Waals surface area contributed by atoms with Gasteiger partial charge in [0.15, 0.2) is 5.58 Å². The lowest BCUT2D eigenvalue weighted by Crippen LogP contribution is -2.13. The van der Waals surface area contributed by atoms with Gasteiger partial charge in [-0.3, -0.25) is 0 Å². The Bertz CT molecular complexity index is 951. The molecule has 1 aromatic heterocycles. The molecule has 0 aliphatic heterocycles. The van der Waals surface area contributed by atoms with Gasteiger partial charge in [-0.1, -0.05) is 0 Å². The van der Waals surface area contributed by atoms with Gasteiger partial charge >= 0.3 is 0 Å². The molecule has 0 fully saturated rings. The van der Waals surface area contributed by atoms with E-state index in [1.165, 1.54) is 25.7 Å². The molecular weight excluding hydrogens is 414 g/mol. The van der Waals surface area contributed by atoms with Crippen LogP contribution in [0.3, 0.4) is 0 Å². The Morgan fingerprint density at radius 3 is 1.88 bits per heavy atom. The summed E-state index contributed by atoms with van der Waals surface area (Å²) in [6, 6.07) is 13.8. The van der Waals surface area contributed by atoms with Gasteiger partial charge in [0.1, 0.15) is 17.0 Å². The van der Waals surface area contributed by atoms with Crippen LogP contribution in [-0.2, 0) is 0 Å². The van der Waals surface area contributed by atoms with Crippen molar-refractivity contribution in [3.05, 3.63) is 42.5 Å². The van der Waals surface area contributed by atoms with Crippen LogP contribution in [0.2, 0.25) is 0 Å². The van der Waals surface area contributed by atoms with Crippen molar-refractivity contribution in [3.63, 3.8) is 0 Å². The first-order chi connectivity index (χ1) is 16.0. The average Bonchev–Trinajstić information content (AvgIpc) is 3.22. The van der Waals surface area contributed by atoms with Gasteiger partial charge in [-0.25, -0.2) is 4.98 Å². The number of hydrogen-bond acceptors (Lipinski definition) is 6. The topological polar surface area (TPSA) is 51.0 Å². The molecule has 3 aromatic rings. The molecule has 0 unspecified atom stereocenters. The largest absolute Gasteiger partial charge is 0.494 e. The number of oxazole rings is 1. The van der Waals surface area contributed by atoms with E-state index in [0.29, 0.717) is 5.89 Å². The van der Waals surface area contributed by atoms with Crippen LogP contribution in [-0.4, -0.2) is 69.3 Å². The highest BCUT2D eigenvalue weighted by Gasteiger charge is 2.10. The van der Waals surface area contributed by atoms with Crippen LogP contribution in [0.4, 0.5) is 0 Å². The number of benzene rings is 2. The molecule has 180 valence electrons. The zero-order chi connectivity index (χ0) is 23.5. The Morgan fingerprint density at radius 2 is 1.27 bits per heavy atom. The van der Waals surface area contributed by atoms with E-state index in [0.717, 1.165) is 67.3 Å². The van der Waals surface area contributed by atoms with Gasteiger partial charge in [0.25, 0.3) is 0 Å². The van der Waals surface area contributed by atoms with Gasteiger partial charge in [0.2, 0.25) is 5.89 Å². The van der Waals surface area contributed by atoms with Crippen LogP contribution in [0.5, 0.6) is 11.5 Å². The van der Waals surface area contributed by atoms with Crippen LogP contribution in [0, 0.1) is 0 Å². The van der Waals surface area contributed by atoms with Crippen molar-refractivity contribution in [1.82, 2.24) is 14.8 Å². The number of fused-ring (bicyclic) bond motifs is 1. The predicted molar refractivity (Wildman–Crippen MR) is 135 cm³/mol. The summed E-state index contributed by atoms with van der Waals surface area (Å²) < 4.78 is 17.8. The number of nitrogens with zero attached hydrogens (tertiary/aromatic N) is 3. The lowest BCUT2D eigenvalue weighted by atomic mass is 10.2. The molecule has 6 nitrogen and oxygen atoms in total. The van der Waals surface area contributed by atoms with Crippen molar-refractivity contribution in [2.75, 3.05) is 54.5 Å². The zero-order valence-electron chi connectivity index (χ0n) is 20.7. The molecule has 0 N–H and O–H groups in total. The van der Waals surface area contributed by atoms with Gasteiger partial charge in [0, 0.05) is 11.6 Å². The SMILES string of the molecule is CN(C)CCCCCOc1ccc(-c2nc3ccc(OCCCCCN(C)C)cc3o2)cc1. The van der Waals surface area contributed by atoms with Crippen molar-refractivity contribution >= 4 is 11.1 Å². The third-order valence-electron chi connectivity index (χ3n) is 5.50. The normalized spacial score (nSPS) is 11.6. The second-order valence-electron chi connectivity index (χ2n) is 9.10. The molecule has 2 aromatic carbocycles. The Kier molecular flexibility index (Phi) is 10.0. The number of unbranched alkanes of at least 4 members (excludes halogenated alkanes) is 4. The molecule has 0 aliphatic carbocycles.